The minimum absolute atomic E-state index is 0.285. The van der Waals surface area contributed by atoms with Gasteiger partial charge in [-0.1, -0.05) is 21.6 Å². The van der Waals surface area contributed by atoms with Crippen LogP contribution in [0.1, 0.15) is 12.8 Å². The zero-order chi connectivity index (χ0) is 7.66. The van der Waals surface area contributed by atoms with Crippen molar-refractivity contribution < 1.29 is 10.2 Å². The van der Waals surface area contributed by atoms with E-state index in [0.717, 1.165) is 24.3 Å². The van der Waals surface area contributed by atoms with E-state index >= 15 is 0 Å². The third-order valence-corrected chi connectivity index (χ3v) is 3.43. The summed E-state index contributed by atoms with van der Waals surface area (Å²) < 4.78 is 0. The summed E-state index contributed by atoms with van der Waals surface area (Å²) in [7, 11) is 3.53. The van der Waals surface area contributed by atoms with E-state index < -0.39 is 0 Å². The summed E-state index contributed by atoms with van der Waals surface area (Å²) in [5.41, 5.74) is 0. The van der Waals surface area contributed by atoms with E-state index in [9.17, 15) is 0 Å². The molecule has 0 atom stereocenters. The molecule has 0 spiro atoms. The first-order valence-electron chi connectivity index (χ1n) is 3.38. The molecule has 0 aromatic carbocycles. The summed E-state index contributed by atoms with van der Waals surface area (Å²) in [4.78, 5) is 0. The summed E-state index contributed by atoms with van der Waals surface area (Å²) in [6, 6.07) is 0. The minimum atomic E-state index is 0.285. The van der Waals surface area contributed by atoms with Crippen molar-refractivity contribution in [3.63, 3.8) is 0 Å². The molecule has 0 saturated carbocycles. The molecule has 62 valence electrons. The Bertz CT molecular complexity index is 53.7. The number of rotatable bonds is 7. The topological polar surface area (TPSA) is 40.5 Å². The Labute approximate surface area is 69.8 Å². The molecule has 0 aliphatic rings. The molecule has 0 unspecified atom stereocenters. The summed E-state index contributed by atoms with van der Waals surface area (Å²) in [5, 5.41) is 16.8. The summed E-state index contributed by atoms with van der Waals surface area (Å²) in [5.74, 6) is 2.01. The summed E-state index contributed by atoms with van der Waals surface area (Å²) in [6.45, 7) is 0.571. The van der Waals surface area contributed by atoms with Gasteiger partial charge in [0.2, 0.25) is 0 Å². The predicted octanol–water partition coefficient (Wildman–Crippen LogP) is 1.13. The van der Waals surface area contributed by atoms with Crippen molar-refractivity contribution in [3.05, 3.63) is 0 Å². The van der Waals surface area contributed by atoms with Crippen LogP contribution in [0.4, 0.5) is 0 Å². The second-order valence-electron chi connectivity index (χ2n) is 1.80. The molecule has 10 heavy (non-hydrogen) atoms. The number of aliphatic hydroxyl groups excluding tert-OH is 2. The van der Waals surface area contributed by atoms with Gasteiger partial charge in [0, 0.05) is 24.7 Å². The maximum atomic E-state index is 8.41. The van der Waals surface area contributed by atoms with E-state index in [1.165, 1.54) is 0 Å². The molecule has 2 N–H and O–H groups in total. The first kappa shape index (κ1) is 10.6. The van der Waals surface area contributed by atoms with Crippen LogP contribution in [0.5, 0.6) is 0 Å². The van der Waals surface area contributed by atoms with Gasteiger partial charge in [0.05, 0.1) is 0 Å². The Morgan fingerprint density at radius 1 is 0.800 bits per heavy atom. The smallest absolute Gasteiger partial charge is 0.0439 e. The zero-order valence-electron chi connectivity index (χ0n) is 5.95. The Balaban J connectivity index is 2.65. The van der Waals surface area contributed by atoms with Crippen molar-refractivity contribution in [2.45, 2.75) is 12.8 Å². The maximum Gasteiger partial charge on any atom is 0.0439 e. The van der Waals surface area contributed by atoms with Gasteiger partial charge in [-0.3, -0.25) is 0 Å². The summed E-state index contributed by atoms with van der Waals surface area (Å²) >= 11 is 0. The third-order valence-electron chi connectivity index (χ3n) is 0.855. The molecule has 0 aromatic heterocycles. The molecule has 0 aromatic rings. The van der Waals surface area contributed by atoms with Gasteiger partial charge in [-0.25, -0.2) is 0 Å². The second kappa shape index (κ2) is 9.62. The highest BCUT2D eigenvalue weighted by molar-refractivity contribution is 8.76. The molecule has 0 saturated heterocycles. The number of hydrogen-bond acceptors (Lipinski definition) is 4. The van der Waals surface area contributed by atoms with Crippen molar-refractivity contribution in [1.82, 2.24) is 0 Å². The van der Waals surface area contributed by atoms with Crippen LogP contribution >= 0.6 is 21.6 Å². The van der Waals surface area contributed by atoms with Crippen LogP contribution in [-0.2, 0) is 0 Å². The van der Waals surface area contributed by atoms with Crippen molar-refractivity contribution in [2.24, 2.45) is 0 Å². The van der Waals surface area contributed by atoms with Crippen LogP contribution in [0.25, 0.3) is 0 Å². The molecular weight excluding hydrogens is 168 g/mol. The predicted molar refractivity (Wildman–Crippen MR) is 48.3 cm³/mol. The lowest BCUT2D eigenvalue weighted by atomic mass is 10.5. The van der Waals surface area contributed by atoms with Crippen molar-refractivity contribution >= 4 is 21.6 Å². The minimum Gasteiger partial charge on any atom is -0.396 e. The van der Waals surface area contributed by atoms with E-state index in [4.69, 9.17) is 10.2 Å². The molecule has 0 bridgehead atoms. The SMILES string of the molecule is OCCCSSCCCO. The van der Waals surface area contributed by atoms with Crippen LogP contribution in [-0.4, -0.2) is 34.9 Å². The molecule has 0 aliphatic heterocycles. The fourth-order valence-corrected chi connectivity index (χ4v) is 2.51. The molecule has 0 amide bonds. The molecular formula is C6H14O2S2. The van der Waals surface area contributed by atoms with E-state index in [1.807, 2.05) is 0 Å². The Morgan fingerprint density at radius 3 is 1.50 bits per heavy atom. The fourth-order valence-electron chi connectivity index (χ4n) is 0.365. The van der Waals surface area contributed by atoms with Gasteiger partial charge in [0.25, 0.3) is 0 Å². The second-order valence-corrected chi connectivity index (χ2v) is 4.50. The molecule has 0 heterocycles. The van der Waals surface area contributed by atoms with Gasteiger partial charge in [-0.2, -0.15) is 0 Å². The highest BCUT2D eigenvalue weighted by atomic mass is 33.1. The standard InChI is InChI=1S/C6H14O2S2/c7-3-1-5-9-10-6-2-4-8/h7-8H,1-6H2. The average molecular weight is 182 g/mol. The van der Waals surface area contributed by atoms with Gasteiger partial charge < -0.3 is 10.2 Å². The van der Waals surface area contributed by atoms with Crippen molar-refractivity contribution in [3.8, 4) is 0 Å². The zero-order valence-corrected chi connectivity index (χ0v) is 7.59. The third kappa shape index (κ3) is 8.62. The van der Waals surface area contributed by atoms with Crippen LogP contribution in [0.2, 0.25) is 0 Å². The van der Waals surface area contributed by atoms with Gasteiger partial charge in [0.15, 0.2) is 0 Å². The van der Waals surface area contributed by atoms with E-state index in [1.54, 1.807) is 21.6 Å². The van der Waals surface area contributed by atoms with E-state index in [-0.39, 0.29) is 13.2 Å². The maximum absolute atomic E-state index is 8.41. The first-order valence-corrected chi connectivity index (χ1v) is 5.86. The van der Waals surface area contributed by atoms with E-state index in [2.05, 4.69) is 0 Å². The highest BCUT2D eigenvalue weighted by Crippen LogP contribution is 2.21. The lowest BCUT2D eigenvalue weighted by Gasteiger charge is -1.96. The molecule has 0 aliphatic carbocycles. The lowest BCUT2D eigenvalue weighted by Crippen LogP contribution is -1.85. The Kier molecular flexibility index (Phi) is 10.2. The molecule has 0 fully saturated rings. The van der Waals surface area contributed by atoms with Gasteiger partial charge in [0.1, 0.15) is 0 Å². The Morgan fingerprint density at radius 2 is 1.20 bits per heavy atom. The monoisotopic (exact) mass is 182 g/mol. The van der Waals surface area contributed by atoms with Crippen LogP contribution in [0.3, 0.4) is 0 Å². The summed E-state index contributed by atoms with van der Waals surface area (Å²) in [6.07, 6.45) is 1.74. The van der Waals surface area contributed by atoms with Gasteiger partial charge >= 0.3 is 0 Å². The van der Waals surface area contributed by atoms with Crippen LogP contribution in [0.15, 0.2) is 0 Å². The Hall–Kier alpha value is 0.620. The molecule has 4 heteroatoms. The molecule has 2 nitrogen and oxygen atoms in total. The number of hydrogen-bond donors (Lipinski definition) is 2. The van der Waals surface area contributed by atoms with Crippen molar-refractivity contribution in [2.75, 3.05) is 24.7 Å². The lowest BCUT2D eigenvalue weighted by molar-refractivity contribution is 0.296. The van der Waals surface area contributed by atoms with Crippen LogP contribution < -0.4 is 0 Å². The normalized spacial score (nSPS) is 10.2. The quantitative estimate of drug-likeness (QED) is 0.457. The first-order chi connectivity index (χ1) is 4.91. The highest BCUT2D eigenvalue weighted by Gasteiger charge is 1.88. The molecule has 0 rings (SSSR count). The largest absolute Gasteiger partial charge is 0.396 e. The number of aliphatic hydroxyl groups is 2. The van der Waals surface area contributed by atoms with Crippen molar-refractivity contribution in [1.29, 1.82) is 0 Å². The fraction of sp³-hybridized carbons (Fsp3) is 1.00. The molecule has 0 radical (unpaired) electrons. The van der Waals surface area contributed by atoms with Gasteiger partial charge in [-0.05, 0) is 12.8 Å². The van der Waals surface area contributed by atoms with Gasteiger partial charge in [-0.15, -0.1) is 0 Å². The van der Waals surface area contributed by atoms with E-state index in [0.29, 0.717) is 0 Å². The van der Waals surface area contributed by atoms with Crippen LogP contribution in [0, 0.1) is 0 Å². The average Bonchev–Trinajstić information content (AvgIpc) is 1.97.